The molecule has 3 heteroatoms. The minimum absolute atomic E-state index is 0.0116. The van der Waals surface area contributed by atoms with Crippen molar-refractivity contribution in [2.75, 3.05) is 10.0 Å². The zero-order chi connectivity index (χ0) is 7.11. The van der Waals surface area contributed by atoms with Crippen LogP contribution in [0.1, 0.15) is 13.3 Å². The Labute approximate surface area is 72.4 Å². The van der Waals surface area contributed by atoms with Crippen molar-refractivity contribution in [3.05, 3.63) is 0 Å². The first-order valence-corrected chi connectivity index (χ1v) is 8.65. The van der Waals surface area contributed by atoms with Crippen LogP contribution in [0.4, 0.5) is 0 Å². The van der Waals surface area contributed by atoms with Gasteiger partial charge in [0, 0.05) is 0 Å². The van der Waals surface area contributed by atoms with Crippen molar-refractivity contribution >= 4 is 32.9 Å². The molecule has 0 aromatic rings. The third-order valence-electron chi connectivity index (χ3n) is 1.02. The van der Waals surface area contributed by atoms with Gasteiger partial charge < -0.3 is 0 Å². The predicted molar refractivity (Wildman–Crippen MR) is 47.2 cm³/mol. The van der Waals surface area contributed by atoms with Crippen LogP contribution in [0.5, 0.6) is 0 Å². The average Bonchev–Trinajstić information content (AvgIpc) is 1.80. The standard InChI is InChI=1S/C4H10N.C2H5S.Sn/c1-3-4(2)5;1-3-2;/h4H,1,3,5H2,2H3;1H2,2H3;. The number of hydrogen-bond donors (Lipinski definition) is 1. The molecule has 0 rings (SSSR count). The molecule has 0 fully saturated rings. The van der Waals surface area contributed by atoms with Crippen molar-refractivity contribution in [2.45, 2.75) is 23.8 Å². The number of nitrogens with two attached hydrogens (primary N) is 1. The molecule has 0 spiro atoms. The summed E-state index contributed by atoms with van der Waals surface area (Å²) in [7, 11) is 0. The first-order valence-electron chi connectivity index (χ1n) is 3.22. The number of rotatable bonds is 5. The van der Waals surface area contributed by atoms with Crippen molar-refractivity contribution < 1.29 is 0 Å². The second kappa shape index (κ2) is 7.22. The molecule has 0 aliphatic carbocycles. The Morgan fingerprint density at radius 1 is 1.67 bits per heavy atom. The molecule has 1 unspecified atom stereocenters. The Balaban J connectivity index is 2.75. The van der Waals surface area contributed by atoms with Crippen LogP contribution < -0.4 is 5.73 Å². The van der Waals surface area contributed by atoms with Crippen LogP contribution in [0.3, 0.4) is 0 Å². The Morgan fingerprint density at radius 2 is 2.33 bits per heavy atom. The monoisotopic (exact) mass is 253 g/mol. The van der Waals surface area contributed by atoms with Crippen molar-refractivity contribution in [3.63, 3.8) is 0 Å². The van der Waals surface area contributed by atoms with Crippen molar-refractivity contribution in [1.29, 1.82) is 0 Å². The molecule has 0 heterocycles. The Morgan fingerprint density at radius 3 is 2.78 bits per heavy atom. The molecular weight excluding hydrogens is 237 g/mol. The second-order valence-electron chi connectivity index (χ2n) is 2.20. The van der Waals surface area contributed by atoms with E-state index in [0.29, 0.717) is 6.04 Å². The summed E-state index contributed by atoms with van der Waals surface area (Å²) < 4.78 is 2.91. The molecule has 1 atom stereocenters. The molecule has 2 N–H and O–H groups in total. The van der Waals surface area contributed by atoms with E-state index < -0.39 is 0 Å². The summed E-state index contributed by atoms with van der Waals surface area (Å²) in [6.07, 6.45) is 3.44. The van der Waals surface area contributed by atoms with E-state index in [1.807, 2.05) is 11.8 Å². The van der Waals surface area contributed by atoms with Gasteiger partial charge in [-0.2, -0.15) is 0 Å². The van der Waals surface area contributed by atoms with Gasteiger partial charge in [0.05, 0.1) is 0 Å². The van der Waals surface area contributed by atoms with Gasteiger partial charge in [-0.3, -0.25) is 0 Å². The predicted octanol–water partition coefficient (Wildman–Crippen LogP) is 1.17. The van der Waals surface area contributed by atoms with E-state index in [0.717, 1.165) is 0 Å². The van der Waals surface area contributed by atoms with Crippen LogP contribution in [-0.2, 0) is 0 Å². The number of thioether (sulfide) groups is 1. The van der Waals surface area contributed by atoms with Gasteiger partial charge in [-0.05, 0) is 0 Å². The molecule has 0 bridgehead atoms. The van der Waals surface area contributed by atoms with E-state index in [9.17, 15) is 0 Å². The fourth-order valence-corrected chi connectivity index (χ4v) is 5.72. The molecule has 0 saturated carbocycles. The third-order valence-corrected chi connectivity index (χ3v) is 7.57. The minimum atomic E-state index is 0.0116. The van der Waals surface area contributed by atoms with E-state index in [-0.39, 0.29) is 21.1 Å². The first kappa shape index (κ1) is 10.1. The van der Waals surface area contributed by atoms with Gasteiger partial charge in [0.1, 0.15) is 0 Å². The second-order valence-corrected chi connectivity index (χ2v) is 8.39. The van der Waals surface area contributed by atoms with Crippen LogP contribution >= 0.6 is 11.8 Å². The molecule has 0 aromatic carbocycles. The molecule has 9 heavy (non-hydrogen) atoms. The van der Waals surface area contributed by atoms with Gasteiger partial charge >= 0.3 is 72.5 Å². The van der Waals surface area contributed by atoms with E-state index in [4.69, 9.17) is 5.73 Å². The van der Waals surface area contributed by atoms with Crippen LogP contribution in [0.2, 0.25) is 4.44 Å². The van der Waals surface area contributed by atoms with E-state index in [1.54, 1.807) is 0 Å². The first-order chi connectivity index (χ1) is 4.27. The molecule has 0 aliphatic heterocycles. The quantitative estimate of drug-likeness (QED) is 0.587. The van der Waals surface area contributed by atoms with Gasteiger partial charge in [0.25, 0.3) is 0 Å². The zero-order valence-electron chi connectivity index (χ0n) is 6.18. The molecule has 0 aliphatic rings. The fraction of sp³-hybridized carbons (Fsp3) is 1.00. The number of hydrogen-bond acceptors (Lipinski definition) is 2. The fourth-order valence-electron chi connectivity index (χ4n) is 0.504. The van der Waals surface area contributed by atoms with Crippen molar-refractivity contribution in [1.82, 2.24) is 0 Å². The van der Waals surface area contributed by atoms with Crippen molar-refractivity contribution in [3.8, 4) is 0 Å². The van der Waals surface area contributed by atoms with Crippen LogP contribution in [0.25, 0.3) is 0 Å². The van der Waals surface area contributed by atoms with Crippen LogP contribution in [0, 0.1) is 0 Å². The molecule has 0 saturated heterocycles. The van der Waals surface area contributed by atoms with E-state index in [1.165, 1.54) is 14.6 Å². The average molecular weight is 252 g/mol. The van der Waals surface area contributed by atoms with Gasteiger partial charge in [0.2, 0.25) is 0 Å². The summed E-state index contributed by atoms with van der Waals surface area (Å²) in [5.74, 6) is 0. The molecule has 2 radical (unpaired) electrons. The van der Waals surface area contributed by atoms with E-state index >= 15 is 0 Å². The van der Waals surface area contributed by atoms with Gasteiger partial charge in [-0.1, -0.05) is 0 Å². The van der Waals surface area contributed by atoms with E-state index in [2.05, 4.69) is 13.2 Å². The molecule has 0 amide bonds. The summed E-state index contributed by atoms with van der Waals surface area (Å²) in [4.78, 5) is 0. The van der Waals surface area contributed by atoms with Gasteiger partial charge in [-0.25, -0.2) is 0 Å². The maximum absolute atomic E-state index is 5.60. The van der Waals surface area contributed by atoms with Crippen LogP contribution in [0.15, 0.2) is 0 Å². The van der Waals surface area contributed by atoms with Gasteiger partial charge in [-0.15, -0.1) is 0 Å². The van der Waals surface area contributed by atoms with Gasteiger partial charge in [0.15, 0.2) is 0 Å². The summed E-state index contributed by atoms with van der Waals surface area (Å²) in [5.41, 5.74) is 5.60. The Hall–Kier alpha value is 1.11. The Bertz CT molecular complexity index is 59.0. The third kappa shape index (κ3) is 9.11. The Kier molecular flexibility index (Phi) is 8.11. The molecule has 54 valence electrons. The molecule has 1 nitrogen and oxygen atoms in total. The summed E-state index contributed by atoms with van der Waals surface area (Å²) in [6, 6.07) is 0.438. The molecule has 0 aromatic heterocycles. The topological polar surface area (TPSA) is 26.0 Å². The zero-order valence-corrected chi connectivity index (χ0v) is 9.85. The normalized spacial score (nSPS) is 13.7. The van der Waals surface area contributed by atoms with Crippen molar-refractivity contribution in [2.24, 2.45) is 5.73 Å². The summed E-state index contributed by atoms with van der Waals surface area (Å²) in [6.45, 7) is 2.10. The molecular formula is C6H15NSSn. The summed E-state index contributed by atoms with van der Waals surface area (Å²) in [5, 5.41) is 0. The SMILES string of the molecule is CS[CH2][Sn][CH2]CC(C)N. The van der Waals surface area contributed by atoms with Crippen LogP contribution in [-0.4, -0.2) is 37.2 Å². The maximum atomic E-state index is 5.60. The summed E-state index contributed by atoms with van der Waals surface area (Å²) >= 11 is 2.00.